The molecule has 146 valence electrons. The number of nitrogens with zero attached hydrogens (tertiary/aromatic N) is 3. The van der Waals surface area contributed by atoms with Crippen molar-refractivity contribution in [3.63, 3.8) is 0 Å². The molecular formula is C18H22ClN3O4S. The second-order valence-corrected chi connectivity index (χ2v) is 9.22. The Morgan fingerprint density at radius 2 is 1.78 bits per heavy atom. The number of fused-ring (bicyclic) bond motifs is 1. The summed E-state index contributed by atoms with van der Waals surface area (Å²) >= 11 is 6.09. The highest BCUT2D eigenvalue weighted by atomic mass is 35.5. The fourth-order valence-corrected chi connectivity index (χ4v) is 5.65. The first-order valence-corrected chi connectivity index (χ1v) is 10.8. The van der Waals surface area contributed by atoms with Crippen LogP contribution in [0.15, 0.2) is 23.2 Å². The molecule has 4 rings (SSSR count). The molecule has 7 nitrogen and oxygen atoms in total. The van der Waals surface area contributed by atoms with Crippen LogP contribution in [0, 0.1) is 6.92 Å². The molecule has 0 atom stereocenters. The maximum absolute atomic E-state index is 12.9. The van der Waals surface area contributed by atoms with Gasteiger partial charge in [-0.15, -0.1) is 0 Å². The van der Waals surface area contributed by atoms with Crippen LogP contribution in [0.1, 0.15) is 29.9 Å². The van der Waals surface area contributed by atoms with Crippen LogP contribution in [-0.2, 0) is 17.1 Å². The zero-order valence-corrected chi connectivity index (χ0v) is 16.9. The van der Waals surface area contributed by atoms with Crippen LogP contribution in [0.3, 0.4) is 0 Å². The van der Waals surface area contributed by atoms with Gasteiger partial charge in [-0.25, -0.2) is 8.42 Å². The van der Waals surface area contributed by atoms with Gasteiger partial charge in [0.15, 0.2) is 11.5 Å². The lowest BCUT2D eigenvalue weighted by Gasteiger charge is -2.32. The van der Waals surface area contributed by atoms with Gasteiger partial charge in [-0.05, 0) is 48.9 Å². The molecule has 27 heavy (non-hydrogen) atoms. The van der Waals surface area contributed by atoms with E-state index in [1.165, 1.54) is 20.7 Å². The van der Waals surface area contributed by atoms with Gasteiger partial charge in [-0.1, -0.05) is 11.6 Å². The molecule has 2 aliphatic rings. The van der Waals surface area contributed by atoms with E-state index in [4.69, 9.17) is 21.1 Å². The van der Waals surface area contributed by atoms with Crippen LogP contribution >= 0.6 is 11.6 Å². The van der Waals surface area contributed by atoms with Crippen molar-refractivity contribution in [2.45, 2.75) is 30.6 Å². The molecule has 0 amide bonds. The highest BCUT2D eigenvalue weighted by molar-refractivity contribution is 7.89. The third-order valence-electron chi connectivity index (χ3n) is 5.28. The zero-order valence-electron chi connectivity index (χ0n) is 15.3. The first-order chi connectivity index (χ1) is 12.9. The Morgan fingerprint density at radius 3 is 2.37 bits per heavy atom. The van der Waals surface area contributed by atoms with Gasteiger partial charge in [0, 0.05) is 20.1 Å². The molecule has 2 aromatic rings. The maximum Gasteiger partial charge on any atom is 0.247 e. The number of piperidine rings is 1. The molecule has 0 unspecified atom stereocenters. The largest absolute Gasteiger partial charge is 0.486 e. The molecule has 1 saturated heterocycles. The molecule has 1 aromatic carbocycles. The summed E-state index contributed by atoms with van der Waals surface area (Å²) in [6, 6.07) is 4.07. The molecule has 0 aliphatic carbocycles. The van der Waals surface area contributed by atoms with Gasteiger partial charge in [0.2, 0.25) is 10.0 Å². The van der Waals surface area contributed by atoms with Gasteiger partial charge in [0.1, 0.15) is 23.3 Å². The quantitative estimate of drug-likeness (QED) is 0.776. The standard InChI is InChI=1S/C18H22ClN3O4S/c1-12-9-15-16(26-8-7-25-15)10-14(12)13-3-5-22(6-4-13)27(23,24)17-11-20-21(2)18(17)19/h9-11,13H,3-8H2,1-2H3. The monoisotopic (exact) mass is 411 g/mol. The summed E-state index contributed by atoms with van der Waals surface area (Å²) in [7, 11) is -2.01. The molecule has 0 bridgehead atoms. The summed E-state index contributed by atoms with van der Waals surface area (Å²) in [5, 5.41) is 4.08. The van der Waals surface area contributed by atoms with E-state index in [1.807, 2.05) is 6.07 Å². The van der Waals surface area contributed by atoms with Crippen molar-refractivity contribution in [1.82, 2.24) is 14.1 Å². The second kappa shape index (κ2) is 7.00. The number of sulfonamides is 1. The second-order valence-electron chi connectivity index (χ2n) is 6.95. The average Bonchev–Trinajstić information content (AvgIpc) is 3.01. The van der Waals surface area contributed by atoms with Crippen LogP contribution in [-0.4, -0.2) is 48.8 Å². The Bertz CT molecular complexity index is 965. The Hall–Kier alpha value is -1.77. The first-order valence-electron chi connectivity index (χ1n) is 8.95. The van der Waals surface area contributed by atoms with E-state index in [0.717, 1.165) is 29.9 Å². The van der Waals surface area contributed by atoms with E-state index in [9.17, 15) is 8.42 Å². The van der Waals surface area contributed by atoms with E-state index >= 15 is 0 Å². The molecule has 0 saturated carbocycles. The Labute approximate surface area is 163 Å². The third-order valence-corrected chi connectivity index (χ3v) is 7.74. The number of hydrogen-bond acceptors (Lipinski definition) is 5. The lowest BCUT2D eigenvalue weighted by Crippen LogP contribution is -2.38. The van der Waals surface area contributed by atoms with Crippen LogP contribution < -0.4 is 9.47 Å². The molecule has 2 aliphatic heterocycles. The van der Waals surface area contributed by atoms with Gasteiger partial charge >= 0.3 is 0 Å². The fraction of sp³-hybridized carbons (Fsp3) is 0.500. The molecule has 3 heterocycles. The number of hydrogen-bond donors (Lipinski definition) is 0. The van der Waals surface area contributed by atoms with Gasteiger partial charge in [0.05, 0.1) is 6.20 Å². The number of benzene rings is 1. The van der Waals surface area contributed by atoms with Crippen molar-refractivity contribution in [2.24, 2.45) is 7.05 Å². The Morgan fingerprint density at radius 1 is 1.15 bits per heavy atom. The van der Waals surface area contributed by atoms with Gasteiger partial charge in [-0.3, -0.25) is 4.68 Å². The molecule has 9 heteroatoms. The van der Waals surface area contributed by atoms with E-state index in [2.05, 4.69) is 18.1 Å². The highest BCUT2D eigenvalue weighted by Crippen LogP contribution is 2.39. The van der Waals surface area contributed by atoms with Gasteiger partial charge in [0.25, 0.3) is 0 Å². The van der Waals surface area contributed by atoms with Crippen molar-refractivity contribution in [3.05, 3.63) is 34.6 Å². The Balaban J connectivity index is 1.52. The topological polar surface area (TPSA) is 73.7 Å². The average molecular weight is 412 g/mol. The molecule has 0 spiro atoms. The van der Waals surface area contributed by atoms with Gasteiger partial charge in [-0.2, -0.15) is 9.40 Å². The summed E-state index contributed by atoms with van der Waals surface area (Å²) in [5.74, 6) is 1.85. The minimum Gasteiger partial charge on any atom is -0.486 e. The molecule has 0 radical (unpaired) electrons. The van der Waals surface area contributed by atoms with E-state index in [0.29, 0.717) is 26.3 Å². The van der Waals surface area contributed by atoms with Crippen molar-refractivity contribution < 1.29 is 17.9 Å². The summed E-state index contributed by atoms with van der Waals surface area (Å²) in [6.45, 7) is 4.08. The van der Waals surface area contributed by atoms with Crippen LogP contribution in [0.4, 0.5) is 0 Å². The van der Waals surface area contributed by atoms with E-state index in [-0.39, 0.29) is 16.0 Å². The van der Waals surface area contributed by atoms with Crippen molar-refractivity contribution in [2.75, 3.05) is 26.3 Å². The van der Waals surface area contributed by atoms with Crippen LogP contribution in [0.25, 0.3) is 0 Å². The van der Waals surface area contributed by atoms with E-state index in [1.54, 1.807) is 7.05 Å². The minimum atomic E-state index is -3.63. The number of halogens is 1. The van der Waals surface area contributed by atoms with Crippen molar-refractivity contribution in [3.8, 4) is 11.5 Å². The fourth-order valence-electron chi connectivity index (χ4n) is 3.77. The smallest absolute Gasteiger partial charge is 0.247 e. The van der Waals surface area contributed by atoms with Crippen molar-refractivity contribution >= 4 is 21.6 Å². The number of aromatic nitrogens is 2. The lowest BCUT2D eigenvalue weighted by molar-refractivity contribution is 0.171. The summed E-state index contributed by atoms with van der Waals surface area (Å²) in [6.07, 6.45) is 2.81. The Kier molecular flexibility index (Phi) is 4.82. The predicted molar refractivity (Wildman–Crippen MR) is 101 cm³/mol. The highest BCUT2D eigenvalue weighted by Gasteiger charge is 2.33. The molecule has 1 aromatic heterocycles. The molecular weight excluding hydrogens is 390 g/mol. The molecule has 1 fully saturated rings. The van der Waals surface area contributed by atoms with Crippen molar-refractivity contribution in [1.29, 1.82) is 0 Å². The summed E-state index contributed by atoms with van der Waals surface area (Å²) < 4.78 is 40.0. The maximum atomic E-state index is 12.9. The summed E-state index contributed by atoms with van der Waals surface area (Å²) in [5.41, 5.74) is 2.35. The molecule has 0 N–H and O–H groups in total. The predicted octanol–water partition coefficient (Wildman–Crippen LogP) is 2.72. The summed E-state index contributed by atoms with van der Waals surface area (Å²) in [4.78, 5) is 0.0700. The third kappa shape index (κ3) is 3.30. The van der Waals surface area contributed by atoms with Crippen LogP contribution in [0.5, 0.6) is 11.5 Å². The minimum absolute atomic E-state index is 0.0700. The van der Waals surface area contributed by atoms with E-state index < -0.39 is 10.0 Å². The first kappa shape index (κ1) is 18.6. The van der Waals surface area contributed by atoms with Crippen LogP contribution in [0.2, 0.25) is 5.15 Å². The number of ether oxygens (including phenoxy) is 2. The normalized spacial score (nSPS) is 18.6. The number of aryl methyl sites for hydroxylation is 2. The SMILES string of the molecule is Cc1cc2c(cc1C1CCN(S(=O)(=O)c3cnn(C)c3Cl)CC1)OCCO2. The number of rotatable bonds is 3. The zero-order chi connectivity index (χ0) is 19.2. The lowest BCUT2D eigenvalue weighted by atomic mass is 9.87. The van der Waals surface area contributed by atoms with Gasteiger partial charge < -0.3 is 9.47 Å².